The molecule has 1 heterocycles. The molecule has 0 bridgehead atoms. The van der Waals surface area contributed by atoms with E-state index >= 15 is 0 Å². The number of benzene rings is 2. The highest BCUT2D eigenvalue weighted by atomic mass is 32.1. The highest BCUT2D eigenvalue weighted by Gasteiger charge is 2.32. The first kappa shape index (κ1) is 20.9. The number of hydrogen-bond acceptors (Lipinski definition) is 3. The third kappa shape index (κ3) is 4.98. The van der Waals surface area contributed by atoms with Gasteiger partial charge in [-0.2, -0.15) is 13.2 Å². The van der Waals surface area contributed by atoms with Crippen molar-refractivity contribution in [3.8, 4) is 11.3 Å². The molecule has 3 rings (SSSR count). The van der Waals surface area contributed by atoms with Crippen LogP contribution in [0.5, 0.6) is 0 Å². The summed E-state index contributed by atoms with van der Waals surface area (Å²) < 4.78 is 39.5. The van der Waals surface area contributed by atoms with Gasteiger partial charge in [-0.05, 0) is 31.2 Å². The second-order valence-electron chi connectivity index (χ2n) is 6.29. The molecule has 0 aliphatic rings. The van der Waals surface area contributed by atoms with Crippen molar-refractivity contribution >= 4 is 36.0 Å². The lowest BCUT2D eigenvalue weighted by Crippen LogP contribution is -2.37. The van der Waals surface area contributed by atoms with Crippen molar-refractivity contribution in [2.45, 2.75) is 19.4 Å². The minimum absolute atomic E-state index is 0.0690. The van der Waals surface area contributed by atoms with Gasteiger partial charge in [-0.1, -0.05) is 36.1 Å². The van der Waals surface area contributed by atoms with Crippen LogP contribution in [0.1, 0.15) is 11.1 Å². The lowest BCUT2D eigenvalue weighted by molar-refractivity contribution is -0.137. The molecule has 148 valence electrons. The number of nitrogens with one attached hydrogen (secondary N) is 1. The summed E-state index contributed by atoms with van der Waals surface area (Å²) in [6.07, 6.45) is -4.32. The summed E-state index contributed by atoms with van der Waals surface area (Å²) in [5, 5.41) is 4.62. The number of anilines is 2. The van der Waals surface area contributed by atoms with E-state index in [1.165, 1.54) is 23.5 Å². The molecule has 0 aliphatic heterocycles. The van der Waals surface area contributed by atoms with Crippen LogP contribution >= 0.6 is 11.3 Å². The van der Waals surface area contributed by atoms with E-state index in [1.807, 2.05) is 31.2 Å². The minimum Gasteiger partial charge on any atom is -0.338 e. The van der Waals surface area contributed by atoms with Crippen LogP contribution in [0, 0.1) is 6.92 Å². The van der Waals surface area contributed by atoms with Gasteiger partial charge in [-0.15, -0.1) is 11.3 Å². The standard InChI is InChI=1S/C20H17BF3N3OS/c1-13-4-2-5-14(10-13)17-12-29-19(26-17)27(18(28)25-9-8-21)16-7-3-6-15(11-16)20(22,23)24/h2-7,10-12H,8-9H2,1H3,(H,25,28). The first-order chi connectivity index (χ1) is 13.8. The number of carbonyl (C=O) groups is 1. The van der Waals surface area contributed by atoms with Crippen molar-refractivity contribution < 1.29 is 18.0 Å². The van der Waals surface area contributed by atoms with Crippen molar-refractivity contribution in [3.05, 3.63) is 65.0 Å². The molecule has 0 fully saturated rings. The molecule has 0 saturated carbocycles. The van der Waals surface area contributed by atoms with E-state index in [4.69, 9.17) is 7.85 Å². The number of halogens is 3. The molecular formula is C20H17BF3N3OS. The van der Waals surface area contributed by atoms with E-state index in [0.29, 0.717) is 5.69 Å². The Morgan fingerprint density at radius 2 is 1.97 bits per heavy atom. The molecule has 29 heavy (non-hydrogen) atoms. The second-order valence-corrected chi connectivity index (χ2v) is 7.13. The van der Waals surface area contributed by atoms with Gasteiger partial charge in [-0.3, -0.25) is 0 Å². The number of aryl methyl sites for hydroxylation is 1. The molecule has 2 amide bonds. The van der Waals surface area contributed by atoms with E-state index in [0.717, 1.165) is 28.2 Å². The van der Waals surface area contributed by atoms with Crippen molar-refractivity contribution in [3.63, 3.8) is 0 Å². The van der Waals surface area contributed by atoms with E-state index in [9.17, 15) is 18.0 Å². The normalized spacial score (nSPS) is 11.3. The Hall–Kier alpha value is -2.81. The molecule has 4 nitrogen and oxygen atoms in total. The summed E-state index contributed by atoms with van der Waals surface area (Å²) in [5.74, 6) is 0. The van der Waals surface area contributed by atoms with Crippen LogP contribution in [0.2, 0.25) is 6.32 Å². The van der Waals surface area contributed by atoms with E-state index in [2.05, 4.69) is 10.3 Å². The Labute approximate surface area is 171 Å². The van der Waals surface area contributed by atoms with Gasteiger partial charge in [0.05, 0.1) is 24.8 Å². The van der Waals surface area contributed by atoms with Crippen LogP contribution in [0.3, 0.4) is 0 Å². The van der Waals surface area contributed by atoms with Crippen LogP contribution in [0.4, 0.5) is 28.8 Å². The number of carbonyl (C=O) groups excluding carboxylic acids is 1. The lowest BCUT2D eigenvalue weighted by atomic mass is 10.1. The van der Waals surface area contributed by atoms with Gasteiger partial charge in [0.15, 0.2) is 5.13 Å². The van der Waals surface area contributed by atoms with Gasteiger partial charge < -0.3 is 5.32 Å². The van der Waals surface area contributed by atoms with Gasteiger partial charge in [0.2, 0.25) is 0 Å². The predicted octanol–water partition coefficient (Wildman–Crippen LogP) is 5.57. The molecule has 0 aliphatic carbocycles. The van der Waals surface area contributed by atoms with Gasteiger partial charge >= 0.3 is 12.2 Å². The summed E-state index contributed by atoms with van der Waals surface area (Å²) in [5.41, 5.74) is 1.77. The molecule has 1 aromatic heterocycles. The first-order valence-corrected chi connectivity index (χ1v) is 9.65. The van der Waals surface area contributed by atoms with E-state index in [-0.39, 0.29) is 23.7 Å². The van der Waals surface area contributed by atoms with Crippen LogP contribution < -0.4 is 10.2 Å². The van der Waals surface area contributed by atoms with Crippen LogP contribution in [0.15, 0.2) is 53.9 Å². The maximum Gasteiger partial charge on any atom is 0.416 e. The number of nitrogens with zero attached hydrogens (tertiary/aromatic N) is 2. The van der Waals surface area contributed by atoms with Crippen molar-refractivity contribution in [1.82, 2.24) is 10.3 Å². The summed E-state index contributed by atoms with van der Waals surface area (Å²) in [7, 11) is 5.43. The fourth-order valence-electron chi connectivity index (χ4n) is 2.70. The summed E-state index contributed by atoms with van der Waals surface area (Å²) in [6, 6.07) is 11.7. The zero-order valence-corrected chi connectivity index (χ0v) is 16.3. The largest absolute Gasteiger partial charge is 0.416 e. The maximum atomic E-state index is 13.2. The quantitative estimate of drug-likeness (QED) is 0.554. The molecule has 3 aromatic rings. The SMILES string of the molecule is [B]CCNC(=O)N(c1cccc(C(F)(F)F)c1)c1nc(-c2cccc(C)c2)cs1. The molecule has 2 radical (unpaired) electrons. The summed E-state index contributed by atoms with van der Waals surface area (Å²) in [4.78, 5) is 18.3. The average Bonchev–Trinajstić information content (AvgIpc) is 3.16. The van der Waals surface area contributed by atoms with Crippen LogP contribution in [-0.2, 0) is 6.18 Å². The number of thiazole rings is 1. The molecule has 0 saturated heterocycles. The second kappa shape index (κ2) is 8.69. The Bertz CT molecular complexity index is 1010. The molecule has 0 spiro atoms. The molecule has 9 heteroatoms. The molecule has 0 unspecified atom stereocenters. The average molecular weight is 415 g/mol. The molecule has 2 aromatic carbocycles. The number of amides is 2. The van der Waals surface area contributed by atoms with Crippen LogP contribution in [0.25, 0.3) is 11.3 Å². The number of urea groups is 1. The monoisotopic (exact) mass is 415 g/mol. The fraction of sp³-hybridized carbons (Fsp3) is 0.200. The zero-order valence-electron chi connectivity index (χ0n) is 15.5. The number of aromatic nitrogens is 1. The molecule has 0 atom stereocenters. The fourth-order valence-corrected chi connectivity index (χ4v) is 3.55. The minimum atomic E-state index is -4.52. The predicted molar refractivity (Wildman–Crippen MR) is 110 cm³/mol. The van der Waals surface area contributed by atoms with Gasteiger partial charge in [0, 0.05) is 17.5 Å². The number of alkyl halides is 3. The lowest BCUT2D eigenvalue weighted by Gasteiger charge is -2.21. The van der Waals surface area contributed by atoms with Gasteiger partial charge in [-0.25, -0.2) is 14.7 Å². The van der Waals surface area contributed by atoms with Crippen molar-refractivity contribution in [2.75, 3.05) is 11.4 Å². The van der Waals surface area contributed by atoms with Gasteiger partial charge in [0.25, 0.3) is 0 Å². The van der Waals surface area contributed by atoms with Crippen molar-refractivity contribution in [1.29, 1.82) is 0 Å². The van der Waals surface area contributed by atoms with E-state index < -0.39 is 17.8 Å². The highest BCUT2D eigenvalue weighted by molar-refractivity contribution is 7.14. The van der Waals surface area contributed by atoms with Crippen LogP contribution in [-0.4, -0.2) is 25.4 Å². The zero-order chi connectivity index (χ0) is 21.0. The molecular weight excluding hydrogens is 398 g/mol. The van der Waals surface area contributed by atoms with Crippen molar-refractivity contribution in [2.24, 2.45) is 0 Å². The Balaban J connectivity index is 2.02. The Morgan fingerprint density at radius 3 is 2.66 bits per heavy atom. The van der Waals surface area contributed by atoms with E-state index in [1.54, 1.807) is 5.38 Å². The summed E-state index contributed by atoms with van der Waals surface area (Å²) in [6.45, 7) is 2.14. The smallest absolute Gasteiger partial charge is 0.338 e. The third-order valence-corrected chi connectivity index (χ3v) is 4.88. The van der Waals surface area contributed by atoms with Gasteiger partial charge in [0.1, 0.15) is 0 Å². The topological polar surface area (TPSA) is 45.2 Å². The highest BCUT2D eigenvalue weighted by Crippen LogP contribution is 2.36. The maximum absolute atomic E-state index is 13.2. The Morgan fingerprint density at radius 1 is 1.21 bits per heavy atom. The Kier molecular flexibility index (Phi) is 6.27. The third-order valence-electron chi connectivity index (χ3n) is 4.05. The number of hydrogen-bond donors (Lipinski definition) is 1. The first-order valence-electron chi connectivity index (χ1n) is 8.77. The number of rotatable bonds is 5. The molecule has 1 N–H and O–H groups in total. The summed E-state index contributed by atoms with van der Waals surface area (Å²) >= 11 is 1.17.